The van der Waals surface area contributed by atoms with Crippen LogP contribution in [0.5, 0.6) is 0 Å². The van der Waals surface area contributed by atoms with Gasteiger partial charge in [0, 0.05) is 0 Å². The first-order chi connectivity index (χ1) is 9.01. The highest BCUT2D eigenvalue weighted by Gasteiger charge is 2.20. The average Bonchev–Trinajstić information content (AvgIpc) is 2.39. The van der Waals surface area contributed by atoms with Gasteiger partial charge in [0.15, 0.2) is 0 Å². The highest BCUT2D eigenvalue weighted by atomic mass is 32.2. The van der Waals surface area contributed by atoms with Crippen LogP contribution in [-0.4, -0.2) is 8.42 Å². The fourth-order valence-electron chi connectivity index (χ4n) is 2.10. The molecule has 0 aromatic heterocycles. The van der Waals surface area contributed by atoms with Crippen LogP contribution in [0.3, 0.4) is 0 Å². The average molecular weight is 274 g/mol. The summed E-state index contributed by atoms with van der Waals surface area (Å²) in [7, 11) is -3.42. The second-order valence-electron chi connectivity index (χ2n) is 5.02. The Bertz CT molecular complexity index is 643. The molecule has 0 amide bonds. The molecule has 3 heteroatoms. The van der Waals surface area contributed by atoms with Crippen LogP contribution in [0.2, 0.25) is 0 Å². The molecule has 0 fully saturated rings. The van der Waals surface area contributed by atoms with Gasteiger partial charge in [-0.15, -0.1) is 0 Å². The maximum Gasteiger partial charge on any atom is 0.206 e. The lowest BCUT2D eigenvalue weighted by atomic mass is 10.0. The molecular weight excluding hydrogens is 256 g/mol. The van der Waals surface area contributed by atoms with Crippen LogP contribution in [0, 0.1) is 5.92 Å². The number of hydrogen-bond acceptors (Lipinski definition) is 2. The van der Waals surface area contributed by atoms with Gasteiger partial charge in [0.1, 0.15) is 0 Å². The normalized spacial score (nSPS) is 11.7. The third-order valence-corrected chi connectivity index (χ3v) is 4.81. The van der Waals surface area contributed by atoms with E-state index < -0.39 is 9.84 Å². The van der Waals surface area contributed by atoms with Gasteiger partial charge in [0.2, 0.25) is 9.84 Å². The van der Waals surface area contributed by atoms with Crippen LogP contribution in [0.25, 0.3) is 0 Å². The highest BCUT2D eigenvalue weighted by Crippen LogP contribution is 2.25. The lowest BCUT2D eigenvalue weighted by Gasteiger charge is -2.12. The van der Waals surface area contributed by atoms with Crippen molar-refractivity contribution in [3.63, 3.8) is 0 Å². The number of rotatable bonds is 4. The van der Waals surface area contributed by atoms with E-state index in [1.165, 1.54) is 0 Å². The summed E-state index contributed by atoms with van der Waals surface area (Å²) in [6, 6.07) is 15.9. The molecule has 0 aliphatic heterocycles. The minimum Gasteiger partial charge on any atom is -0.219 e. The molecule has 0 aliphatic carbocycles. The van der Waals surface area contributed by atoms with E-state index in [1.54, 1.807) is 36.4 Å². The monoisotopic (exact) mass is 274 g/mol. The molecule has 0 N–H and O–H groups in total. The van der Waals surface area contributed by atoms with E-state index in [1.807, 2.05) is 18.2 Å². The molecule has 0 heterocycles. The summed E-state index contributed by atoms with van der Waals surface area (Å²) in [5, 5.41) is 0. The summed E-state index contributed by atoms with van der Waals surface area (Å²) in [6.07, 6.45) is 0.766. The summed E-state index contributed by atoms with van der Waals surface area (Å²) in [6.45, 7) is 4.18. The largest absolute Gasteiger partial charge is 0.219 e. The van der Waals surface area contributed by atoms with Crippen molar-refractivity contribution in [2.24, 2.45) is 5.92 Å². The van der Waals surface area contributed by atoms with E-state index in [0.717, 1.165) is 12.0 Å². The highest BCUT2D eigenvalue weighted by molar-refractivity contribution is 7.91. The molecule has 0 saturated carbocycles. The van der Waals surface area contributed by atoms with Crippen molar-refractivity contribution in [1.82, 2.24) is 0 Å². The topological polar surface area (TPSA) is 34.1 Å². The minimum atomic E-state index is -3.42. The Labute approximate surface area is 115 Å². The van der Waals surface area contributed by atoms with Crippen molar-refractivity contribution in [1.29, 1.82) is 0 Å². The zero-order chi connectivity index (χ0) is 13.9. The molecule has 2 nitrogen and oxygen atoms in total. The van der Waals surface area contributed by atoms with Crippen molar-refractivity contribution in [3.05, 3.63) is 60.2 Å². The second-order valence-corrected chi connectivity index (χ2v) is 6.94. The smallest absolute Gasteiger partial charge is 0.206 e. The molecule has 0 spiro atoms. The Balaban J connectivity index is 2.53. The fraction of sp³-hybridized carbons (Fsp3) is 0.250. The van der Waals surface area contributed by atoms with E-state index >= 15 is 0 Å². The van der Waals surface area contributed by atoms with Gasteiger partial charge in [-0.3, -0.25) is 0 Å². The number of benzene rings is 2. The maximum absolute atomic E-state index is 12.6. The SMILES string of the molecule is CC(C)Cc1ccccc1S(=O)(=O)c1ccccc1. The number of hydrogen-bond donors (Lipinski definition) is 0. The Hall–Kier alpha value is -1.61. The molecule has 100 valence electrons. The summed E-state index contributed by atoms with van der Waals surface area (Å²) in [4.78, 5) is 0.779. The summed E-state index contributed by atoms with van der Waals surface area (Å²) in [5.74, 6) is 0.423. The first-order valence-corrected chi connectivity index (χ1v) is 7.88. The maximum atomic E-state index is 12.6. The molecular formula is C16H18O2S. The summed E-state index contributed by atoms with van der Waals surface area (Å²) >= 11 is 0. The molecule has 0 aliphatic rings. The van der Waals surface area contributed by atoms with E-state index in [0.29, 0.717) is 15.7 Å². The molecule has 0 radical (unpaired) electrons. The molecule has 0 atom stereocenters. The second kappa shape index (κ2) is 5.57. The lowest BCUT2D eigenvalue weighted by Crippen LogP contribution is -2.07. The predicted molar refractivity (Wildman–Crippen MR) is 76.9 cm³/mol. The van der Waals surface area contributed by atoms with E-state index in [2.05, 4.69) is 13.8 Å². The van der Waals surface area contributed by atoms with Crippen LogP contribution in [0.4, 0.5) is 0 Å². The van der Waals surface area contributed by atoms with Gasteiger partial charge in [-0.05, 0) is 36.1 Å². The van der Waals surface area contributed by atoms with Gasteiger partial charge >= 0.3 is 0 Å². The summed E-state index contributed by atoms with van der Waals surface area (Å²) < 4.78 is 25.3. The van der Waals surface area contributed by atoms with Gasteiger partial charge in [-0.1, -0.05) is 50.2 Å². The standard InChI is InChI=1S/C16H18O2S/c1-13(2)12-14-8-6-7-11-16(14)19(17,18)15-9-4-3-5-10-15/h3-11,13H,12H2,1-2H3. The molecule has 0 unspecified atom stereocenters. The molecule has 0 saturated heterocycles. The summed E-state index contributed by atoms with van der Waals surface area (Å²) in [5.41, 5.74) is 0.890. The van der Waals surface area contributed by atoms with Crippen molar-refractivity contribution in [2.45, 2.75) is 30.1 Å². The van der Waals surface area contributed by atoms with Crippen LogP contribution in [0.15, 0.2) is 64.4 Å². The first kappa shape index (κ1) is 13.8. The third kappa shape index (κ3) is 3.04. The van der Waals surface area contributed by atoms with Crippen molar-refractivity contribution in [3.8, 4) is 0 Å². The number of sulfone groups is 1. The minimum absolute atomic E-state index is 0.353. The van der Waals surface area contributed by atoms with Gasteiger partial charge in [0.05, 0.1) is 9.79 Å². The molecule has 2 aromatic rings. The fourth-order valence-corrected chi connectivity index (χ4v) is 3.62. The lowest BCUT2D eigenvalue weighted by molar-refractivity contribution is 0.590. The molecule has 2 aromatic carbocycles. The van der Waals surface area contributed by atoms with Crippen LogP contribution in [0.1, 0.15) is 19.4 Å². The van der Waals surface area contributed by atoms with E-state index in [4.69, 9.17) is 0 Å². The quantitative estimate of drug-likeness (QED) is 0.851. The van der Waals surface area contributed by atoms with E-state index in [9.17, 15) is 8.42 Å². The third-order valence-electron chi connectivity index (χ3n) is 2.94. The molecule has 0 bridgehead atoms. The Kier molecular flexibility index (Phi) is 4.05. The van der Waals surface area contributed by atoms with Gasteiger partial charge in [0.25, 0.3) is 0 Å². The van der Waals surface area contributed by atoms with Crippen molar-refractivity contribution < 1.29 is 8.42 Å². The van der Waals surface area contributed by atoms with Crippen molar-refractivity contribution >= 4 is 9.84 Å². The van der Waals surface area contributed by atoms with E-state index in [-0.39, 0.29) is 0 Å². The zero-order valence-electron chi connectivity index (χ0n) is 11.2. The van der Waals surface area contributed by atoms with Crippen LogP contribution >= 0.6 is 0 Å². The zero-order valence-corrected chi connectivity index (χ0v) is 12.0. The van der Waals surface area contributed by atoms with Crippen LogP contribution in [-0.2, 0) is 16.3 Å². The van der Waals surface area contributed by atoms with Gasteiger partial charge in [-0.2, -0.15) is 0 Å². The Morgan fingerprint density at radius 2 is 1.47 bits per heavy atom. The molecule has 19 heavy (non-hydrogen) atoms. The van der Waals surface area contributed by atoms with Crippen LogP contribution < -0.4 is 0 Å². The Morgan fingerprint density at radius 3 is 2.11 bits per heavy atom. The van der Waals surface area contributed by atoms with Gasteiger partial charge < -0.3 is 0 Å². The van der Waals surface area contributed by atoms with Gasteiger partial charge in [-0.25, -0.2) is 8.42 Å². The van der Waals surface area contributed by atoms with Crippen molar-refractivity contribution in [2.75, 3.05) is 0 Å². The Morgan fingerprint density at radius 1 is 0.895 bits per heavy atom. The first-order valence-electron chi connectivity index (χ1n) is 6.40. The molecule has 2 rings (SSSR count). The predicted octanol–water partition coefficient (Wildman–Crippen LogP) is 3.72.